The molecule has 1 atom stereocenters. The molecule has 0 saturated heterocycles. The Labute approximate surface area is 137 Å². The Hall–Kier alpha value is -1.55. The van der Waals surface area contributed by atoms with Gasteiger partial charge in [-0.1, -0.05) is 17.3 Å². The quantitative estimate of drug-likeness (QED) is 0.464. The third-order valence-electron chi connectivity index (χ3n) is 3.82. The zero-order valence-electron chi connectivity index (χ0n) is 13.4. The molecule has 120 valence electrons. The average Bonchev–Trinajstić information content (AvgIpc) is 2.99. The van der Waals surface area contributed by atoms with Gasteiger partial charge in [0.15, 0.2) is 6.73 Å². The zero-order valence-corrected chi connectivity index (χ0v) is 14.2. The van der Waals surface area contributed by atoms with E-state index in [9.17, 15) is 4.79 Å². The molecule has 1 aliphatic rings. The van der Waals surface area contributed by atoms with Crippen LogP contribution in [0.15, 0.2) is 23.4 Å². The van der Waals surface area contributed by atoms with Gasteiger partial charge in [0.05, 0.1) is 11.4 Å². The summed E-state index contributed by atoms with van der Waals surface area (Å²) in [6.07, 6.45) is 4.31. The summed E-state index contributed by atoms with van der Waals surface area (Å²) in [5, 5.41) is 3.55. The lowest BCUT2D eigenvalue weighted by Gasteiger charge is -2.24. The van der Waals surface area contributed by atoms with Crippen LogP contribution < -0.4 is 4.90 Å². The molecule has 0 aliphatic heterocycles. The van der Waals surface area contributed by atoms with E-state index in [2.05, 4.69) is 5.16 Å². The molecule has 0 heterocycles. The molecule has 0 spiro atoms. The van der Waals surface area contributed by atoms with Crippen molar-refractivity contribution >= 4 is 28.9 Å². The van der Waals surface area contributed by atoms with Crippen LogP contribution in [0.5, 0.6) is 0 Å². The Morgan fingerprint density at radius 2 is 2.05 bits per heavy atom. The van der Waals surface area contributed by atoms with E-state index in [4.69, 9.17) is 16.4 Å². The highest BCUT2D eigenvalue weighted by atomic mass is 35.5. The molecule has 1 unspecified atom stereocenters. The van der Waals surface area contributed by atoms with Crippen molar-refractivity contribution in [3.8, 4) is 0 Å². The second kappa shape index (κ2) is 7.63. The Bertz CT molecular complexity index is 562. The molecular weight excluding hydrogens is 300 g/mol. The van der Waals surface area contributed by atoms with Crippen LogP contribution in [0.4, 0.5) is 5.69 Å². The third-order valence-corrected chi connectivity index (χ3v) is 4.01. The molecular formula is C17H23ClN2O2. The maximum Gasteiger partial charge on any atom is 0.247 e. The average molecular weight is 323 g/mol. The van der Waals surface area contributed by atoms with Gasteiger partial charge in [0.1, 0.15) is 5.38 Å². The molecule has 1 amide bonds. The van der Waals surface area contributed by atoms with Crippen molar-refractivity contribution in [1.29, 1.82) is 0 Å². The number of carbonyl (C=O) groups excluding carboxylic acids is 1. The van der Waals surface area contributed by atoms with Crippen molar-refractivity contribution in [2.75, 3.05) is 11.6 Å². The highest BCUT2D eigenvalue weighted by Gasteiger charge is 2.22. The van der Waals surface area contributed by atoms with Crippen LogP contribution in [0.25, 0.3) is 0 Å². The van der Waals surface area contributed by atoms with E-state index in [0.717, 1.165) is 35.4 Å². The summed E-state index contributed by atoms with van der Waals surface area (Å²) < 4.78 is 0. The minimum Gasteiger partial charge on any atom is -0.373 e. The van der Waals surface area contributed by atoms with Gasteiger partial charge in [0.2, 0.25) is 5.91 Å². The van der Waals surface area contributed by atoms with E-state index < -0.39 is 5.38 Å². The van der Waals surface area contributed by atoms with Crippen molar-refractivity contribution < 1.29 is 9.63 Å². The van der Waals surface area contributed by atoms with Gasteiger partial charge in [-0.2, -0.15) is 0 Å². The predicted octanol–water partition coefficient (Wildman–Crippen LogP) is 4.17. The van der Waals surface area contributed by atoms with Gasteiger partial charge in [-0.25, -0.2) is 0 Å². The summed E-state index contributed by atoms with van der Waals surface area (Å²) in [7, 11) is 0. The molecule has 5 heteroatoms. The van der Waals surface area contributed by atoms with E-state index in [1.54, 1.807) is 11.8 Å². The molecule has 0 bridgehead atoms. The van der Waals surface area contributed by atoms with Gasteiger partial charge in [-0.3, -0.25) is 9.69 Å². The number of carbonyl (C=O) groups is 1. The maximum absolute atomic E-state index is 12.4. The SMILES string of the molecule is Cc1ccc(C)c(N(CON=C2CCCC2)C(=O)C(C)Cl)c1. The first-order chi connectivity index (χ1) is 10.5. The molecule has 0 N–H and O–H groups in total. The van der Waals surface area contributed by atoms with Crippen molar-refractivity contribution in [1.82, 2.24) is 0 Å². The molecule has 4 nitrogen and oxygen atoms in total. The van der Waals surface area contributed by atoms with Gasteiger partial charge in [-0.15, -0.1) is 11.6 Å². The van der Waals surface area contributed by atoms with Gasteiger partial charge >= 0.3 is 0 Å². The molecule has 1 saturated carbocycles. The topological polar surface area (TPSA) is 41.9 Å². The van der Waals surface area contributed by atoms with Crippen LogP contribution >= 0.6 is 11.6 Å². The number of alkyl halides is 1. The number of hydrogen-bond donors (Lipinski definition) is 0. The van der Waals surface area contributed by atoms with Crippen molar-refractivity contribution in [2.45, 2.75) is 51.8 Å². The monoisotopic (exact) mass is 322 g/mol. The number of oxime groups is 1. The van der Waals surface area contributed by atoms with E-state index in [-0.39, 0.29) is 12.6 Å². The van der Waals surface area contributed by atoms with Crippen LogP contribution in [-0.2, 0) is 9.63 Å². The minimum atomic E-state index is -0.609. The molecule has 22 heavy (non-hydrogen) atoms. The molecule has 0 radical (unpaired) electrons. The molecule has 1 aromatic rings. The number of nitrogens with zero attached hydrogens (tertiary/aromatic N) is 2. The van der Waals surface area contributed by atoms with E-state index >= 15 is 0 Å². The second-order valence-electron chi connectivity index (χ2n) is 5.80. The van der Waals surface area contributed by atoms with Gasteiger partial charge in [0.25, 0.3) is 0 Å². The fourth-order valence-corrected chi connectivity index (χ4v) is 2.65. The number of anilines is 1. The summed E-state index contributed by atoms with van der Waals surface area (Å²) in [6.45, 7) is 5.72. The first kappa shape index (κ1) is 16.8. The summed E-state index contributed by atoms with van der Waals surface area (Å²) in [6, 6.07) is 5.98. The van der Waals surface area contributed by atoms with E-state index in [1.165, 1.54) is 12.8 Å². The molecule has 0 aromatic heterocycles. The molecule has 1 aliphatic carbocycles. The number of hydrogen-bond acceptors (Lipinski definition) is 3. The minimum absolute atomic E-state index is 0.0870. The summed E-state index contributed by atoms with van der Waals surface area (Å²) in [4.78, 5) is 19.4. The zero-order chi connectivity index (χ0) is 16.1. The first-order valence-corrected chi connectivity index (χ1v) is 8.13. The first-order valence-electron chi connectivity index (χ1n) is 7.69. The van der Waals surface area contributed by atoms with Gasteiger partial charge in [0, 0.05) is 0 Å². The normalized spacial score (nSPS) is 15.5. The summed E-state index contributed by atoms with van der Waals surface area (Å²) >= 11 is 5.99. The lowest BCUT2D eigenvalue weighted by Crippen LogP contribution is -2.37. The Balaban J connectivity index is 2.17. The summed E-state index contributed by atoms with van der Waals surface area (Å²) in [5.41, 5.74) is 3.99. The Kier molecular flexibility index (Phi) is 5.83. The van der Waals surface area contributed by atoms with Crippen molar-refractivity contribution in [3.05, 3.63) is 29.3 Å². The van der Waals surface area contributed by atoms with Gasteiger partial charge in [-0.05, 0) is 63.6 Å². The van der Waals surface area contributed by atoms with Crippen LogP contribution in [0.2, 0.25) is 0 Å². The smallest absolute Gasteiger partial charge is 0.247 e. The standard InChI is InChI=1S/C17H23ClN2O2/c1-12-8-9-13(2)16(10-12)20(17(21)14(3)18)11-22-19-15-6-4-5-7-15/h8-10,14H,4-7,11H2,1-3H3. The number of aryl methyl sites for hydroxylation is 2. The van der Waals surface area contributed by atoms with Crippen molar-refractivity contribution in [2.24, 2.45) is 5.16 Å². The highest BCUT2D eigenvalue weighted by Crippen LogP contribution is 2.23. The summed E-state index contributed by atoms with van der Waals surface area (Å²) in [5.74, 6) is -0.179. The number of rotatable bonds is 5. The number of amides is 1. The Morgan fingerprint density at radius 1 is 1.36 bits per heavy atom. The number of benzene rings is 1. The van der Waals surface area contributed by atoms with Crippen LogP contribution in [0, 0.1) is 13.8 Å². The molecule has 1 aromatic carbocycles. The predicted molar refractivity (Wildman–Crippen MR) is 90.6 cm³/mol. The maximum atomic E-state index is 12.4. The largest absolute Gasteiger partial charge is 0.373 e. The van der Waals surface area contributed by atoms with E-state index in [0.29, 0.717) is 0 Å². The van der Waals surface area contributed by atoms with Crippen molar-refractivity contribution in [3.63, 3.8) is 0 Å². The van der Waals surface area contributed by atoms with Crippen LogP contribution in [0.3, 0.4) is 0 Å². The lowest BCUT2D eigenvalue weighted by molar-refractivity contribution is -0.119. The van der Waals surface area contributed by atoms with E-state index in [1.807, 2.05) is 32.0 Å². The fraction of sp³-hybridized carbons (Fsp3) is 0.529. The van der Waals surface area contributed by atoms with Crippen LogP contribution in [-0.4, -0.2) is 23.7 Å². The highest BCUT2D eigenvalue weighted by molar-refractivity contribution is 6.32. The third kappa shape index (κ3) is 4.23. The van der Waals surface area contributed by atoms with Gasteiger partial charge < -0.3 is 4.84 Å². The Morgan fingerprint density at radius 3 is 2.68 bits per heavy atom. The second-order valence-corrected chi connectivity index (χ2v) is 6.45. The lowest BCUT2D eigenvalue weighted by atomic mass is 10.1. The number of halogens is 1. The van der Waals surface area contributed by atoms with Crippen LogP contribution in [0.1, 0.15) is 43.7 Å². The molecule has 1 fully saturated rings. The molecule has 2 rings (SSSR count). The fourth-order valence-electron chi connectivity index (χ4n) is 2.53.